The number of aromatic nitrogens is 2. The van der Waals surface area contributed by atoms with Crippen molar-refractivity contribution in [2.24, 2.45) is 5.92 Å². The summed E-state index contributed by atoms with van der Waals surface area (Å²) in [6, 6.07) is 3.90. The van der Waals surface area contributed by atoms with Gasteiger partial charge >= 0.3 is 0 Å². The lowest BCUT2D eigenvalue weighted by Crippen LogP contribution is -2.28. The van der Waals surface area contributed by atoms with Gasteiger partial charge in [0.2, 0.25) is 5.91 Å². The van der Waals surface area contributed by atoms with E-state index in [1.54, 1.807) is 4.52 Å². The molecule has 1 amide bonds. The summed E-state index contributed by atoms with van der Waals surface area (Å²) in [4.78, 5) is 11.8. The van der Waals surface area contributed by atoms with Crippen molar-refractivity contribution < 1.29 is 4.79 Å². The number of amides is 1. The molecule has 0 bridgehead atoms. The lowest BCUT2D eigenvalue weighted by molar-refractivity contribution is -0.122. The number of halogens is 1. The summed E-state index contributed by atoms with van der Waals surface area (Å²) in [5, 5.41) is 7.17. The van der Waals surface area contributed by atoms with Crippen molar-refractivity contribution in [1.82, 2.24) is 9.61 Å². The van der Waals surface area contributed by atoms with Gasteiger partial charge in [-0.1, -0.05) is 6.42 Å². The van der Waals surface area contributed by atoms with E-state index in [9.17, 15) is 4.79 Å². The van der Waals surface area contributed by atoms with Crippen LogP contribution in [0.4, 0.5) is 5.69 Å². The van der Waals surface area contributed by atoms with Gasteiger partial charge in [0.1, 0.15) is 0 Å². The summed E-state index contributed by atoms with van der Waals surface area (Å²) < 4.78 is 2.90. The topological polar surface area (TPSA) is 46.4 Å². The third kappa shape index (κ3) is 2.03. The molecule has 0 saturated heterocycles. The standard InChI is InChI=1S/C12H12IN3O/c13-10-6-14-16-7-9(4-5-11(10)16)15-12(17)8-2-1-3-8/h4-8H,1-3H2,(H,15,17). The van der Waals surface area contributed by atoms with Gasteiger partial charge in [-0.2, -0.15) is 5.10 Å². The summed E-state index contributed by atoms with van der Waals surface area (Å²) in [6.45, 7) is 0. The molecular weight excluding hydrogens is 329 g/mol. The third-order valence-corrected chi connectivity index (χ3v) is 4.04. The van der Waals surface area contributed by atoms with Crippen LogP contribution in [0.2, 0.25) is 0 Å². The van der Waals surface area contributed by atoms with Crippen LogP contribution in [0.1, 0.15) is 19.3 Å². The molecule has 0 unspecified atom stereocenters. The summed E-state index contributed by atoms with van der Waals surface area (Å²) in [5.74, 6) is 0.348. The number of fused-ring (bicyclic) bond motifs is 1. The van der Waals surface area contributed by atoms with Crippen molar-refractivity contribution in [3.8, 4) is 0 Å². The van der Waals surface area contributed by atoms with E-state index < -0.39 is 0 Å². The minimum absolute atomic E-state index is 0.137. The maximum Gasteiger partial charge on any atom is 0.227 e. The summed E-state index contributed by atoms with van der Waals surface area (Å²) in [5.41, 5.74) is 1.88. The van der Waals surface area contributed by atoms with E-state index >= 15 is 0 Å². The van der Waals surface area contributed by atoms with Crippen LogP contribution in [0.5, 0.6) is 0 Å². The van der Waals surface area contributed by atoms with E-state index in [1.165, 1.54) is 6.42 Å². The Morgan fingerprint density at radius 1 is 1.47 bits per heavy atom. The highest BCUT2D eigenvalue weighted by Crippen LogP contribution is 2.27. The number of rotatable bonds is 2. The fraction of sp³-hybridized carbons (Fsp3) is 0.333. The molecule has 2 heterocycles. The van der Waals surface area contributed by atoms with Gasteiger partial charge in [0.15, 0.2) is 0 Å². The Labute approximate surface area is 113 Å². The normalized spacial score (nSPS) is 15.8. The molecule has 88 valence electrons. The van der Waals surface area contributed by atoms with Gasteiger partial charge in [-0.3, -0.25) is 4.79 Å². The zero-order chi connectivity index (χ0) is 11.8. The van der Waals surface area contributed by atoms with Crippen LogP contribution in [0.25, 0.3) is 5.52 Å². The highest BCUT2D eigenvalue weighted by molar-refractivity contribution is 14.1. The van der Waals surface area contributed by atoms with Gasteiger partial charge in [0, 0.05) is 5.92 Å². The predicted octanol–water partition coefficient (Wildman–Crippen LogP) is 2.68. The fourth-order valence-electron chi connectivity index (χ4n) is 1.94. The van der Waals surface area contributed by atoms with Crippen molar-refractivity contribution in [1.29, 1.82) is 0 Å². The molecule has 1 N–H and O–H groups in total. The van der Waals surface area contributed by atoms with E-state index in [-0.39, 0.29) is 11.8 Å². The Balaban J connectivity index is 1.83. The number of carbonyl (C=O) groups excluding carboxylic acids is 1. The molecule has 5 heteroatoms. The second-order valence-electron chi connectivity index (χ2n) is 4.36. The van der Waals surface area contributed by atoms with Gasteiger partial charge in [0.25, 0.3) is 0 Å². The van der Waals surface area contributed by atoms with Gasteiger partial charge in [-0.25, -0.2) is 4.52 Å². The molecule has 0 aliphatic heterocycles. The summed E-state index contributed by atoms with van der Waals surface area (Å²) >= 11 is 2.25. The lowest BCUT2D eigenvalue weighted by Gasteiger charge is -2.23. The first-order valence-corrected chi connectivity index (χ1v) is 6.76. The number of pyridine rings is 1. The van der Waals surface area contributed by atoms with Gasteiger partial charge in [0.05, 0.1) is 27.2 Å². The van der Waals surface area contributed by atoms with Crippen LogP contribution in [0.3, 0.4) is 0 Å². The zero-order valence-corrected chi connectivity index (χ0v) is 11.3. The molecule has 1 aliphatic carbocycles. The summed E-state index contributed by atoms with van der Waals surface area (Å²) in [6.07, 6.45) is 6.89. The molecule has 0 spiro atoms. The molecule has 17 heavy (non-hydrogen) atoms. The lowest BCUT2D eigenvalue weighted by atomic mass is 9.85. The molecule has 1 aliphatic rings. The van der Waals surface area contributed by atoms with Crippen LogP contribution < -0.4 is 5.32 Å². The van der Waals surface area contributed by atoms with Crippen molar-refractivity contribution in [2.75, 3.05) is 5.32 Å². The SMILES string of the molecule is O=C(Nc1ccc2c(I)cnn2c1)C1CCC1. The molecule has 2 aromatic rings. The Morgan fingerprint density at radius 2 is 2.29 bits per heavy atom. The average Bonchev–Trinajstić information content (AvgIpc) is 2.57. The maximum atomic E-state index is 11.8. The minimum atomic E-state index is 0.137. The maximum absolute atomic E-state index is 11.8. The van der Waals surface area contributed by atoms with E-state index in [4.69, 9.17) is 0 Å². The summed E-state index contributed by atoms with van der Waals surface area (Å²) in [7, 11) is 0. The molecule has 0 aromatic carbocycles. The Morgan fingerprint density at radius 3 is 3.00 bits per heavy atom. The van der Waals surface area contributed by atoms with Gasteiger partial charge in [-0.05, 0) is 47.6 Å². The van der Waals surface area contributed by atoms with Crippen LogP contribution in [-0.4, -0.2) is 15.5 Å². The molecule has 1 fully saturated rings. The number of anilines is 1. The van der Waals surface area contributed by atoms with E-state index in [1.807, 2.05) is 24.5 Å². The molecule has 4 nitrogen and oxygen atoms in total. The van der Waals surface area contributed by atoms with Crippen molar-refractivity contribution in [3.63, 3.8) is 0 Å². The second kappa shape index (κ2) is 4.29. The zero-order valence-electron chi connectivity index (χ0n) is 9.19. The van der Waals surface area contributed by atoms with Crippen molar-refractivity contribution in [3.05, 3.63) is 28.1 Å². The van der Waals surface area contributed by atoms with Crippen molar-refractivity contribution >= 4 is 39.7 Å². The molecule has 1 saturated carbocycles. The second-order valence-corrected chi connectivity index (χ2v) is 5.52. The smallest absolute Gasteiger partial charge is 0.227 e. The monoisotopic (exact) mass is 341 g/mol. The first kappa shape index (κ1) is 11.0. The van der Waals surface area contributed by atoms with E-state index in [2.05, 4.69) is 33.0 Å². The molecule has 0 radical (unpaired) electrons. The quantitative estimate of drug-likeness (QED) is 0.854. The Kier molecular flexibility index (Phi) is 2.78. The molecule has 3 rings (SSSR count). The van der Waals surface area contributed by atoms with E-state index in [0.717, 1.165) is 27.6 Å². The first-order chi connectivity index (χ1) is 8.24. The van der Waals surface area contributed by atoms with Crippen LogP contribution in [0.15, 0.2) is 24.5 Å². The number of nitrogens with one attached hydrogen (secondary N) is 1. The highest BCUT2D eigenvalue weighted by Gasteiger charge is 2.25. The third-order valence-electron chi connectivity index (χ3n) is 3.21. The van der Waals surface area contributed by atoms with Crippen LogP contribution in [-0.2, 0) is 4.79 Å². The number of hydrogen-bond donors (Lipinski definition) is 1. The number of nitrogens with zero attached hydrogens (tertiary/aromatic N) is 2. The molecular formula is C12H12IN3O. The highest BCUT2D eigenvalue weighted by atomic mass is 127. The first-order valence-electron chi connectivity index (χ1n) is 5.68. The molecule has 2 aromatic heterocycles. The Hall–Kier alpha value is -1.11. The predicted molar refractivity (Wildman–Crippen MR) is 73.9 cm³/mol. The van der Waals surface area contributed by atoms with Crippen molar-refractivity contribution in [2.45, 2.75) is 19.3 Å². The average molecular weight is 341 g/mol. The number of carbonyl (C=O) groups is 1. The Bertz CT molecular complexity index is 574. The van der Waals surface area contributed by atoms with Crippen LogP contribution >= 0.6 is 22.6 Å². The van der Waals surface area contributed by atoms with Gasteiger partial charge in [-0.15, -0.1) is 0 Å². The van der Waals surface area contributed by atoms with E-state index in [0.29, 0.717) is 0 Å². The largest absolute Gasteiger partial charge is 0.324 e. The minimum Gasteiger partial charge on any atom is -0.324 e. The molecule has 0 atom stereocenters. The van der Waals surface area contributed by atoms with Gasteiger partial charge < -0.3 is 5.32 Å². The number of hydrogen-bond acceptors (Lipinski definition) is 2. The van der Waals surface area contributed by atoms with Crippen LogP contribution in [0, 0.1) is 9.49 Å². The fourth-order valence-corrected chi connectivity index (χ4v) is 2.49.